The number of aryl methyl sites for hydroxylation is 2. The van der Waals surface area contributed by atoms with E-state index in [2.05, 4.69) is 81.2 Å². The second kappa shape index (κ2) is 15.0. The lowest BCUT2D eigenvalue weighted by atomic mass is 10.1. The van der Waals surface area contributed by atoms with Gasteiger partial charge in [-0.1, -0.05) is 39.1 Å². The van der Waals surface area contributed by atoms with Gasteiger partial charge in [0.05, 0.1) is 29.0 Å². The first-order chi connectivity index (χ1) is 18.3. The Hall–Kier alpha value is -2.79. The third-order valence-electron chi connectivity index (χ3n) is 5.48. The summed E-state index contributed by atoms with van der Waals surface area (Å²) in [5.74, 6) is 4.69. The topological polar surface area (TPSA) is 87.9 Å². The molecule has 7 nitrogen and oxygen atoms in total. The highest BCUT2D eigenvalue weighted by Crippen LogP contribution is 2.30. The first-order valence-electron chi connectivity index (χ1n) is 12.6. The van der Waals surface area contributed by atoms with Crippen LogP contribution in [0, 0.1) is 13.8 Å². The van der Waals surface area contributed by atoms with Crippen molar-refractivity contribution in [3.8, 4) is 11.3 Å². The number of pyridine rings is 1. The molecule has 0 aliphatic rings. The quantitative estimate of drug-likeness (QED) is 0.147. The van der Waals surface area contributed by atoms with Crippen molar-refractivity contribution in [2.75, 3.05) is 16.9 Å². The molecule has 4 heterocycles. The van der Waals surface area contributed by atoms with E-state index in [0.717, 1.165) is 28.4 Å². The largest absolute Gasteiger partial charge is 0.423 e. The van der Waals surface area contributed by atoms with Crippen LogP contribution in [0.5, 0.6) is 0 Å². The number of aromatic nitrogens is 3. The Morgan fingerprint density at radius 3 is 2.53 bits per heavy atom. The van der Waals surface area contributed by atoms with Gasteiger partial charge in [0.2, 0.25) is 0 Å². The Morgan fingerprint density at radius 1 is 1.13 bits per heavy atom. The number of thiazole rings is 1. The summed E-state index contributed by atoms with van der Waals surface area (Å²) in [6, 6.07) is 7.03. The summed E-state index contributed by atoms with van der Waals surface area (Å²) in [5.41, 5.74) is 4.31. The average molecular weight is 571 g/mol. The monoisotopic (exact) mass is 570 g/mol. The highest BCUT2D eigenvalue weighted by atomic mass is 32.2. The van der Waals surface area contributed by atoms with Crippen LogP contribution >= 0.6 is 33.3 Å². The zero-order valence-corrected chi connectivity index (χ0v) is 25.3. The minimum absolute atomic E-state index is 0.151. The number of rotatable bonds is 12. The smallest absolute Gasteiger partial charge is 0.301 e. The third-order valence-corrected chi connectivity index (χ3v) is 7.84. The lowest BCUT2D eigenvalue weighted by Crippen LogP contribution is -2.23. The predicted octanol–water partition coefficient (Wildman–Crippen LogP) is 8.49. The third kappa shape index (κ3) is 9.20. The van der Waals surface area contributed by atoms with Crippen LogP contribution in [-0.2, 0) is 0 Å². The van der Waals surface area contributed by atoms with Gasteiger partial charge in [-0.25, -0.2) is 9.97 Å². The molecule has 0 bridgehead atoms. The van der Waals surface area contributed by atoms with Crippen LogP contribution in [0.2, 0.25) is 0 Å². The molecule has 0 spiro atoms. The summed E-state index contributed by atoms with van der Waals surface area (Å²) in [4.78, 5) is 14.3. The van der Waals surface area contributed by atoms with Gasteiger partial charge in [-0.15, -0.1) is 33.3 Å². The van der Waals surface area contributed by atoms with E-state index in [0.29, 0.717) is 22.9 Å². The normalized spacial score (nSPS) is 11.6. The van der Waals surface area contributed by atoms with E-state index in [-0.39, 0.29) is 10.7 Å². The van der Waals surface area contributed by atoms with Crippen molar-refractivity contribution in [1.82, 2.24) is 19.7 Å². The fraction of sp³-hybridized carbons (Fsp3) is 0.357. The highest BCUT2D eigenvalue weighted by molar-refractivity contribution is 8.11. The molecule has 0 radical (unpaired) electrons. The van der Waals surface area contributed by atoms with Gasteiger partial charge >= 0.3 is 6.01 Å². The second-order valence-electron chi connectivity index (χ2n) is 8.91. The van der Waals surface area contributed by atoms with Gasteiger partial charge in [-0.3, -0.25) is 15.0 Å². The van der Waals surface area contributed by atoms with E-state index in [1.165, 1.54) is 41.9 Å². The Balaban J connectivity index is 0.000000310. The molecule has 38 heavy (non-hydrogen) atoms. The maximum Gasteiger partial charge on any atom is 0.301 e. The Kier molecular flexibility index (Phi) is 11.7. The molecule has 0 saturated carbocycles. The van der Waals surface area contributed by atoms with E-state index in [1.807, 2.05) is 24.4 Å². The molecule has 204 valence electrons. The molecule has 0 aromatic carbocycles. The second-order valence-corrected chi connectivity index (χ2v) is 12.4. The summed E-state index contributed by atoms with van der Waals surface area (Å²) in [6.07, 6.45) is 10.7. The first kappa shape index (κ1) is 29.8. The van der Waals surface area contributed by atoms with Crippen molar-refractivity contribution in [3.05, 3.63) is 64.2 Å². The van der Waals surface area contributed by atoms with Crippen LogP contribution in [0.15, 0.2) is 52.3 Å². The number of hydrogen-bond acceptors (Lipinski definition) is 9. The average Bonchev–Trinajstić information content (AvgIpc) is 3.63. The number of anilines is 3. The van der Waals surface area contributed by atoms with Crippen LogP contribution in [-0.4, -0.2) is 33.1 Å². The highest BCUT2D eigenvalue weighted by Gasteiger charge is 2.12. The van der Waals surface area contributed by atoms with Gasteiger partial charge in [-0.05, 0) is 51.1 Å². The summed E-state index contributed by atoms with van der Waals surface area (Å²) < 4.78 is 9.27. The summed E-state index contributed by atoms with van der Waals surface area (Å²) in [5, 5.41) is 11.0. The van der Waals surface area contributed by atoms with Gasteiger partial charge in [0.15, 0.2) is 10.9 Å². The molecule has 0 saturated heterocycles. The minimum Gasteiger partial charge on any atom is -0.423 e. The molecular weight excluding hydrogens is 533 g/mol. The maximum absolute atomic E-state index is 5.77. The molecule has 1 unspecified atom stereocenters. The number of hydrogen-bond donors (Lipinski definition) is 3. The SMILES string of the molecule is C=C(Nc1cccnc1C)c1csc(Nc2ncc(-c3csc(C)c3)o2)n1.C=S(C)NC(CCC)CCC. The van der Waals surface area contributed by atoms with Crippen LogP contribution < -0.4 is 15.4 Å². The van der Waals surface area contributed by atoms with Gasteiger partial charge in [0.25, 0.3) is 0 Å². The zero-order chi connectivity index (χ0) is 27.5. The van der Waals surface area contributed by atoms with Gasteiger partial charge < -0.3 is 9.73 Å². The van der Waals surface area contributed by atoms with Crippen molar-refractivity contribution < 1.29 is 4.42 Å². The predicted molar refractivity (Wildman–Crippen MR) is 169 cm³/mol. The van der Waals surface area contributed by atoms with Crippen LogP contribution in [0.1, 0.15) is 55.8 Å². The summed E-state index contributed by atoms with van der Waals surface area (Å²) >= 11 is 3.14. The van der Waals surface area contributed by atoms with Crippen LogP contribution in [0.4, 0.5) is 16.8 Å². The standard InChI is InChI=1S/C19H17N5OS2.C9H21NS/c1-11-7-14(9-26-11)17-8-21-18(25-17)24-19-23-16(10-27-19)13(3)22-15-5-4-6-20-12(15)2;1-5-7-9(8-6-2)10-11(3)4/h4-10,22H,3H2,1-2H3,(H,21,23,24);9-10H,3,5-8H2,1-2,4H3. The van der Waals surface area contributed by atoms with Crippen LogP contribution in [0.3, 0.4) is 0 Å². The fourth-order valence-electron chi connectivity index (χ4n) is 3.69. The molecule has 10 heteroatoms. The number of nitrogens with zero attached hydrogens (tertiary/aromatic N) is 3. The van der Waals surface area contributed by atoms with Crippen LogP contribution in [0.25, 0.3) is 17.0 Å². The molecule has 4 aromatic rings. The van der Waals surface area contributed by atoms with E-state index in [1.54, 1.807) is 23.7 Å². The molecule has 4 rings (SSSR count). The maximum atomic E-state index is 5.77. The van der Waals surface area contributed by atoms with Crippen molar-refractivity contribution in [2.24, 2.45) is 0 Å². The number of thiophene rings is 1. The number of nitrogens with one attached hydrogen (secondary N) is 3. The molecule has 0 amide bonds. The summed E-state index contributed by atoms with van der Waals surface area (Å²) in [6.45, 7) is 12.5. The molecule has 3 N–H and O–H groups in total. The van der Waals surface area contributed by atoms with Gasteiger partial charge in [0, 0.05) is 33.4 Å². The van der Waals surface area contributed by atoms with E-state index in [4.69, 9.17) is 4.42 Å². The Morgan fingerprint density at radius 2 is 1.89 bits per heavy atom. The molecule has 0 aliphatic heterocycles. The molecule has 4 aromatic heterocycles. The summed E-state index contributed by atoms with van der Waals surface area (Å²) in [7, 11) is 0.151. The lowest BCUT2D eigenvalue weighted by Gasteiger charge is -2.17. The van der Waals surface area contributed by atoms with E-state index in [9.17, 15) is 0 Å². The van der Waals surface area contributed by atoms with Crippen molar-refractivity contribution in [1.29, 1.82) is 0 Å². The van der Waals surface area contributed by atoms with Crippen molar-refractivity contribution in [3.63, 3.8) is 0 Å². The molecular formula is C28H38N6OS3. The number of oxazole rings is 1. The molecule has 0 fully saturated rings. The lowest BCUT2D eigenvalue weighted by molar-refractivity contribution is 0.525. The molecule has 0 aliphatic carbocycles. The zero-order valence-electron chi connectivity index (χ0n) is 22.8. The minimum atomic E-state index is 0.151. The fourth-order valence-corrected chi connectivity index (χ4v) is 5.90. The van der Waals surface area contributed by atoms with Crippen molar-refractivity contribution >= 4 is 61.7 Å². The van der Waals surface area contributed by atoms with Gasteiger partial charge in [0.1, 0.15) is 0 Å². The van der Waals surface area contributed by atoms with Gasteiger partial charge in [-0.2, -0.15) is 0 Å². The van der Waals surface area contributed by atoms with Crippen molar-refractivity contribution in [2.45, 2.75) is 59.4 Å². The first-order valence-corrected chi connectivity index (χ1v) is 16.2. The Bertz CT molecular complexity index is 1320. The van der Waals surface area contributed by atoms with E-state index < -0.39 is 0 Å². The van der Waals surface area contributed by atoms with E-state index >= 15 is 0 Å². The molecule has 1 atom stereocenters. The Labute approximate surface area is 236 Å².